The maximum absolute atomic E-state index is 11.7. The van der Waals surface area contributed by atoms with Gasteiger partial charge in [0.25, 0.3) is 5.56 Å². The number of ketones is 1. The maximum Gasteiger partial charge on any atom is 0.324 e. The van der Waals surface area contributed by atoms with Gasteiger partial charge in [-0.3, -0.25) is 14.9 Å². The average Bonchev–Trinajstić information content (AvgIpc) is 2.42. The van der Waals surface area contributed by atoms with Gasteiger partial charge in [-0.1, -0.05) is 0 Å². The van der Waals surface area contributed by atoms with Gasteiger partial charge >= 0.3 is 6.03 Å². The van der Waals surface area contributed by atoms with Crippen LogP contribution in [-0.2, 0) is 0 Å². The molecular weight excluding hydrogens is 260 g/mol. The Balaban J connectivity index is 1.99. The van der Waals surface area contributed by atoms with Crippen LogP contribution < -0.4 is 16.2 Å². The first-order valence-corrected chi connectivity index (χ1v) is 5.79. The van der Waals surface area contributed by atoms with Crippen LogP contribution in [0, 0.1) is 0 Å². The Bertz CT molecular complexity index is 671. The standard InChI is InChI=1S/C13H12N4O3/c1-8(18)9-2-4-10(5-3-9)14-13(20)15-11-6-7-12(19)17-16-11/h2-7H,1H3,(H,17,19)(H2,14,15,16,20). The van der Waals surface area contributed by atoms with Crippen molar-refractivity contribution in [2.24, 2.45) is 0 Å². The Kier molecular flexibility index (Phi) is 3.90. The first kappa shape index (κ1) is 13.5. The van der Waals surface area contributed by atoms with Gasteiger partial charge in [-0.25, -0.2) is 9.89 Å². The van der Waals surface area contributed by atoms with Crippen LogP contribution in [0.5, 0.6) is 0 Å². The number of H-pyrrole nitrogens is 1. The smallest absolute Gasteiger partial charge is 0.308 e. The summed E-state index contributed by atoms with van der Waals surface area (Å²) in [5.41, 5.74) is 0.756. The molecule has 0 saturated heterocycles. The van der Waals surface area contributed by atoms with Gasteiger partial charge in [0.2, 0.25) is 0 Å². The first-order chi connectivity index (χ1) is 9.54. The molecule has 2 amide bonds. The lowest BCUT2D eigenvalue weighted by Gasteiger charge is -2.06. The van der Waals surface area contributed by atoms with Crippen molar-refractivity contribution in [1.29, 1.82) is 0 Å². The summed E-state index contributed by atoms with van der Waals surface area (Å²) in [6, 6.07) is 8.63. The predicted molar refractivity (Wildman–Crippen MR) is 73.9 cm³/mol. The molecular formula is C13H12N4O3. The number of carbonyl (C=O) groups is 2. The highest BCUT2D eigenvalue weighted by molar-refractivity contribution is 5.99. The van der Waals surface area contributed by atoms with Crippen molar-refractivity contribution in [2.45, 2.75) is 6.92 Å². The SMILES string of the molecule is CC(=O)c1ccc(NC(=O)Nc2ccc(=O)[nH]n2)cc1. The number of urea groups is 1. The van der Waals surface area contributed by atoms with Gasteiger partial charge in [0, 0.05) is 17.3 Å². The summed E-state index contributed by atoms with van der Waals surface area (Å²) in [6.07, 6.45) is 0. The fourth-order valence-electron chi connectivity index (χ4n) is 1.48. The molecule has 1 aromatic carbocycles. The number of amides is 2. The van der Waals surface area contributed by atoms with Crippen LogP contribution in [0.1, 0.15) is 17.3 Å². The zero-order chi connectivity index (χ0) is 14.5. The van der Waals surface area contributed by atoms with Gasteiger partial charge in [-0.15, -0.1) is 0 Å². The van der Waals surface area contributed by atoms with E-state index in [1.165, 1.54) is 19.1 Å². The molecule has 0 aliphatic heterocycles. The van der Waals surface area contributed by atoms with Crippen molar-refractivity contribution < 1.29 is 9.59 Å². The molecule has 1 heterocycles. The highest BCUT2D eigenvalue weighted by atomic mass is 16.2. The third-order valence-corrected chi connectivity index (χ3v) is 2.47. The van der Waals surface area contributed by atoms with Gasteiger partial charge in [-0.05, 0) is 37.3 Å². The molecule has 20 heavy (non-hydrogen) atoms. The summed E-state index contributed by atoms with van der Waals surface area (Å²) in [7, 11) is 0. The van der Waals surface area contributed by atoms with E-state index in [-0.39, 0.29) is 17.2 Å². The number of hydrogen-bond donors (Lipinski definition) is 3. The maximum atomic E-state index is 11.7. The lowest BCUT2D eigenvalue weighted by molar-refractivity contribution is 0.101. The van der Waals surface area contributed by atoms with E-state index in [4.69, 9.17) is 0 Å². The Morgan fingerprint density at radius 1 is 1.05 bits per heavy atom. The van der Waals surface area contributed by atoms with Crippen LogP contribution in [0.15, 0.2) is 41.2 Å². The Labute approximate surface area is 114 Å². The lowest BCUT2D eigenvalue weighted by atomic mass is 10.1. The van der Waals surface area contributed by atoms with Gasteiger partial charge in [0.1, 0.15) is 0 Å². The number of nitrogens with zero attached hydrogens (tertiary/aromatic N) is 1. The van der Waals surface area contributed by atoms with Crippen molar-refractivity contribution in [1.82, 2.24) is 10.2 Å². The lowest BCUT2D eigenvalue weighted by Crippen LogP contribution is -2.21. The van der Waals surface area contributed by atoms with Gasteiger partial charge < -0.3 is 5.32 Å². The highest BCUT2D eigenvalue weighted by Gasteiger charge is 2.04. The molecule has 7 nitrogen and oxygen atoms in total. The van der Waals surface area contributed by atoms with Gasteiger partial charge in [-0.2, -0.15) is 5.10 Å². The number of aromatic amines is 1. The molecule has 0 spiro atoms. The number of aromatic nitrogens is 2. The molecule has 2 aromatic rings. The molecule has 0 aliphatic rings. The molecule has 102 valence electrons. The number of Topliss-reactive ketones (excluding diaryl/α,β-unsaturated/α-hetero) is 1. The van der Waals surface area contributed by atoms with Crippen LogP contribution in [0.25, 0.3) is 0 Å². The van der Waals surface area contributed by atoms with Gasteiger partial charge in [0.05, 0.1) is 0 Å². The second kappa shape index (κ2) is 5.79. The molecule has 0 radical (unpaired) electrons. The molecule has 7 heteroatoms. The number of carbonyl (C=O) groups excluding carboxylic acids is 2. The molecule has 0 saturated carbocycles. The second-order valence-corrected chi connectivity index (χ2v) is 4.02. The van der Waals surface area contributed by atoms with Crippen molar-refractivity contribution in [3.8, 4) is 0 Å². The molecule has 0 fully saturated rings. The fourth-order valence-corrected chi connectivity index (χ4v) is 1.48. The average molecular weight is 272 g/mol. The van der Waals surface area contributed by atoms with Crippen LogP contribution in [0.4, 0.5) is 16.3 Å². The summed E-state index contributed by atoms with van der Waals surface area (Å²) in [4.78, 5) is 33.6. The number of anilines is 2. The quantitative estimate of drug-likeness (QED) is 0.738. The molecule has 0 bridgehead atoms. The number of rotatable bonds is 3. The zero-order valence-corrected chi connectivity index (χ0v) is 10.6. The van der Waals surface area contributed by atoms with E-state index in [1.807, 2.05) is 0 Å². The minimum absolute atomic E-state index is 0.0431. The Morgan fingerprint density at radius 2 is 1.75 bits per heavy atom. The number of hydrogen-bond acceptors (Lipinski definition) is 4. The van der Waals surface area contributed by atoms with Crippen molar-refractivity contribution >= 4 is 23.3 Å². The van der Waals surface area contributed by atoms with E-state index in [0.29, 0.717) is 11.3 Å². The van der Waals surface area contributed by atoms with Crippen LogP contribution in [0.2, 0.25) is 0 Å². The summed E-state index contributed by atoms with van der Waals surface area (Å²) < 4.78 is 0. The van der Waals surface area contributed by atoms with E-state index >= 15 is 0 Å². The minimum atomic E-state index is -0.500. The van der Waals surface area contributed by atoms with Crippen LogP contribution >= 0.6 is 0 Å². The summed E-state index contributed by atoms with van der Waals surface area (Å²) >= 11 is 0. The minimum Gasteiger partial charge on any atom is -0.308 e. The molecule has 2 rings (SSSR count). The number of nitrogens with one attached hydrogen (secondary N) is 3. The first-order valence-electron chi connectivity index (χ1n) is 5.79. The molecule has 0 unspecified atom stereocenters. The molecule has 0 atom stereocenters. The van der Waals surface area contributed by atoms with Gasteiger partial charge in [0.15, 0.2) is 11.6 Å². The van der Waals surface area contributed by atoms with Crippen LogP contribution in [-0.4, -0.2) is 22.0 Å². The van der Waals surface area contributed by atoms with E-state index < -0.39 is 6.03 Å². The molecule has 0 aliphatic carbocycles. The Hall–Kier alpha value is -2.96. The highest BCUT2D eigenvalue weighted by Crippen LogP contribution is 2.10. The third kappa shape index (κ3) is 3.52. The monoisotopic (exact) mass is 272 g/mol. The van der Waals surface area contributed by atoms with E-state index in [1.54, 1.807) is 24.3 Å². The zero-order valence-electron chi connectivity index (χ0n) is 10.6. The van der Waals surface area contributed by atoms with E-state index in [0.717, 1.165) is 0 Å². The topological polar surface area (TPSA) is 104 Å². The normalized spacial score (nSPS) is 9.85. The summed E-state index contributed by atoms with van der Waals surface area (Å²) in [5.74, 6) is 0.181. The largest absolute Gasteiger partial charge is 0.324 e. The fraction of sp³-hybridized carbons (Fsp3) is 0.0769. The van der Waals surface area contributed by atoms with Crippen molar-refractivity contribution in [2.75, 3.05) is 10.6 Å². The molecule has 3 N–H and O–H groups in total. The number of benzene rings is 1. The van der Waals surface area contributed by atoms with Crippen molar-refractivity contribution in [3.05, 3.63) is 52.3 Å². The summed E-state index contributed by atoms with van der Waals surface area (Å²) in [6.45, 7) is 1.47. The van der Waals surface area contributed by atoms with Crippen LogP contribution in [0.3, 0.4) is 0 Å². The van der Waals surface area contributed by atoms with E-state index in [2.05, 4.69) is 20.8 Å². The predicted octanol–water partition coefficient (Wildman–Crippen LogP) is 1.62. The summed E-state index contributed by atoms with van der Waals surface area (Å²) in [5, 5.41) is 10.9. The van der Waals surface area contributed by atoms with E-state index in [9.17, 15) is 14.4 Å². The second-order valence-electron chi connectivity index (χ2n) is 4.02. The Morgan fingerprint density at radius 3 is 2.30 bits per heavy atom. The third-order valence-electron chi connectivity index (χ3n) is 2.47. The van der Waals surface area contributed by atoms with Crippen molar-refractivity contribution in [3.63, 3.8) is 0 Å². The molecule has 1 aromatic heterocycles.